The molecule has 1 unspecified atom stereocenters. The zero-order valence-corrected chi connectivity index (χ0v) is 11.2. The van der Waals surface area contributed by atoms with Gasteiger partial charge in [-0.1, -0.05) is 23.2 Å². The number of halogens is 2. The van der Waals surface area contributed by atoms with Crippen LogP contribution in [0.2, 0.25) is 10.0 Å². The van der Waals surface area contributed by atoms with E-state index in [-0.39, 0.29) is 0 Å². The van der Waals surface area contributed by atoms with Gasteiger partial charge in [0, 0.05) is 28.4 Å². The number of hydrogen-bond acceptors (Lipinski definition) is 2. The van der Waals surface area contributed by atoms with Crippen LogP contribution in [0.15, 0.2) is 18.2 Å². The first-order valence-corrected chi connectivity index (χ1v) is 6.94. The van der Waals surface area contributed by atoms with Gasteiger partial charge in [0.25, 0.3) is 0 Å². The Balaban J connectivity index is 2.50. The lowest BCUT2D eigenvalue weighted by Crippen LogP contribution is -2.27. The first-order chi connectivity index (χ1) is 7.11. The van der Waals surface area contributed by atoms with Crippen molar-refractivity contribution in [1.82, 2.24) is 5.32 Å². The lowest BCUT2D eigenvalue weighted by Gasteiger charge is -2.12. The van der Waals surface area contributed by atoms with E-state index in [0.29, 0.717) is 16.1 Å². The molecular weight excluding hydrogens is 249 g/mol. The topological polar surface area (TPSA) is 12.0 Å². The number of thioether (sulfide) groups is 1. The highest BCUT2D eigenvalue weighted by Gasteiger charge is 2.02. The van der Waals surface area contributed by atoms with E-state index >= 15 is 0 Å². The predicted molar refractivity (Wildman–Crippen MR) is 71.1 cm³/mol. The van der Waals surface area contributed by atoms with Crippen molar-refractivity contribution in [3.63, 3.8) is 0 Å². The van der Waals surface area contributed by atoms with Crippen LogP contribution in [0.5, 0.6) is 0 Å². The Labute approximate surface area is 106 Å². The minimum Gasteiger partial charge on any atom is -0.309 e. The third-order valence-corrected chi connectivity index (χ3v) is 3.26. The molecule has 0 radical (unpaired) electrons. The summed E-state index contributed by atoms with van der Waals surface area (Å²) in [5, 5.41) is 4.80. The van der Waals surface area contributed by atoms with E-state index in [9.17, 15) is 0 Å². The summed E-state index contributed by atoms with van der Waals surface area (Å²) >= 11 is 13.7. The van der Waals surface area contributed by atoms with E-state index in [4.69, 9.17) is 23.2 Å². The molecule has 1 nitrogen and oxygen atoms in total. The molecule has 0 spiro atoms. The summed E-state index contributed by atoms with van der Waals surface area (Å²) in [5.74, 6) is 1.11. The van der Waals surface area contributed by atoms with E-state index in [1.807, 2.05) is 23.9 Å². The van der Waals surface area contributed by atoms with Crippen molar-refractivity contribution < 1.29 is 0 Å². The van der Waals surface area contributed by atoms with E-state index in [1.54, 1.807) is 6.07 Å². The van der Waals surface area contributed by atoms with Crippen molar-refractivity contribution in [3.8, 4) is 0 Å². The van der Waals surface area contributed by atoms with Gasteiger partial charge in [0.05, 0.1) is 0 Å². The van der Waals surface area contributed by atoms with Gasteiger partial charge in [-0.2, -0.15) is 11.8 Å². The molecular formula is C11H15Cl2NS. The summed E-state index contributed by atoms with van der Waals surface area (Å²) in [5.41, 5.74) is 1.13. The smallest absolute Gasteiger partial charge is 0.0424 e. The summed E-state index contributed by atoms with van der Waals surface area (Å²) in [4.78, 5) is 0. The summed E-state index contributed by atoms with van der Waals surface area (Å²) in [7, 11) is 0. The molecule has 0 aliphatic heterocycles. The molecule has 0 aliphatic rings. The van der Waals surface area contributed by atoms with Crippen LogP contribution in [0, 0.1) is 0 Å². The molecule has 0 bridgehead atoms. The van der Waals surface area contributed by atoms with Crippen LogP contribution in [0.25, 0.3) is 0 Å². The molecule has 1 atom stereocenters. The van der Waals surface area contributed by atoms with Crippen LogP contribution >= 0.6 is 35.0 Å². The maximum absolute atomic E-state index is 5.91. The monoisotopic (exact) mass is 263 g/mol. The van der Waals surface area contributed by atoms with Gasteiger partial charge in [-0.3, -0.25) is 0 Å². The SMILES string of the molecule is CSCC(C)NCc1cc(Cl)cc(Cl)c1. The van der Waals surface area contributed by atoms with Crippen molar-refractivity contribution in [3.05, 3.63) is 33.8 Å². The van der Waals surface area contributed by atoms with Crippen molar-refractivity contribution in [1.29, 1.82) is 0 Å². The van der Waals surface area contributed by atoms with Gasteiger partial charge in [0.1, 0.15) is 0 Å². The number of nitrogens with one attached hydrogen (secondary N) is 1. The highest BCUT2D eigenvalue weighted by molar-refractivity contribution is 7.98. The minimum atomic E-state index is 0.498. The third-order valence-electron chi connectivity index (χ3n) is 1.99. The van der Waals surface area contributed by atoms with Crippen LogP contribution in [-0.2, 0) is 6.54 Å². The number of benzene rings is 1. The molecule has 0 heterocycles. The Morgan fingerprint density at radius 2 is 1.87 bits per heavy atom. The van der Waals surface area contributed by atoms with Crippen molar-refractivity contribution >= 4 is 35.0 Å². The molecule has 84 valence electrons. The van der Waals surface area contributed by atoms with Gasteiger partial charge in [-0.15, -0.1) is 0 Å². The largest absolute Gasteiger partial charge is 0.309 e. The van der Waals surface area contributed by atoms with Crippen LogP contribution in [-0.4, -0.2) is 18.1 Å². The first-order valence-electron chi connectivity index (χ1n) is 4.79. The standard InChI is InChI=1S/C11H15Cl2NS/c1-8(7-15-2)14-6-9-3-10(12)5-11(13)4-9/h3-5,8,14H,6-7H2,1-2H3. The Kier molecular flexibility index (Phi) is 5.83. The van der Waals surface area contributed by atoms with Crippen LogP contribution < -0.4 is 5.32 Å². The van der Waals surface area contributed by atoms with Gasteiger partial charge in [0.2, 0.25) is 0 Å². The fourth-order valence-corrected chi connectivity index (χ4v) is 2.50. The highest BCUT2D eigenvalue weighted by atomic mass is 35.5. The summed E-state index contributed by atoms with van der Waals surface area (Å²) < 4.78 is 0. The maximum atomic E-state index is 5.91. The predicted octanol–water partition coefficient (Wildman–Crippen LogP) is 3.83. The van der Waals surface area contributed by atoms with Gasteiger partial charge in [-0.25, -0.2) is 0 Å². The Morgan fingerprint density at radius 3 is 2.40 bits per heavy atom. The third kappa shape index (κ3) is 5.12. The molecule has 0 aliphatic carbocycles. The fourth-order valence-electron chi connectivity index (χ4n) is 1.31. The quantitative estimate of drug-likeness (QED) is 0.867. The maximum Gasteiger partial charge on any atom is 0.0424 e. The van der Waals surface area contributed by atoms with Gasteiger partial charge in [0.15, 0.2) is 0 Å². The number of rotatable bonds is 5. The average Bonchev–Trinajstić information content (AvgIpc) is 2.14. The van der Waals surface area contributed by atoms with Gasteiger partial charge >= 0.3 is 0 Å². The highest BCUT2D eigenvalue weighted by Crippen LogP contribution is 2.18. The van der Waals surface area contributed by atoms with Crippen LogP contribution in [0.3, 0.4) is 0 Å². The molecule has 0 saturated carbocycles. The molecule has 1 aromatic carbocycles. The van der Waals surface area contributed by atoms with Gasteiger partial charge < -0.3 is 5.32 Å². The lowest BCUT2D eigenvalue weighted by molar-refractivity contribution is 0.596. The zero-order valence-electron chi connectivity index (χ0n) is 8.89. The summed E-state index contributed by atoms with van der Waals surface area (Å²) in [6, 6.07) is 6.12. The van der Waals surface area contributed by atoms with Crippen molar-refractivity contribution in [2.45, 2.75) is 19.5 Å². The second-order valence-electron chi connectivity index (χ2n) is 3.51. The fraction of sp³-hybridized carbons (Fsp3) is 0.455. The van der Waals surface area contributed by atoms with E-state index in [2.05, 4.69) is 18.5 Å². The Bertz CT molecular complexity index is 297. The number of hydrogen-bond donors (Lipinski definition) is 1. The molecule has 4 heteroatoms. The van der Waals surface area contributed by atoms with Crippen molar-refractivity contribution in [2.75, 3.05) is 12.0 Å². The molecule has 15 heavy (non-hydrogen) atoms. The second kappa shape index (κ2) is 6.64. The molecule has 1 rings (SSSR count). The van der Waals surface area contributed by atoms with E-state index in [1.165, 1.54) is 0 Å². The van der Waals surface area contributed by atoms with Gasteiger partial charge in [-0.05, 0) is 36.9 Å². The van der Waals surface area contributed by atoms with Crippen LogP contribution in [0.4, 0.5) is 0 Å². The molecule has 0 saturated heterocycles. The first kappa shape index (κ1) is 13.2. The minimum absolute atomic E-state index is 0.498. The van der Waals surface area contributed by atoms with Crippen molar-refractivity contribution in [2.24, 2.45) is 0 Å². The summed E-state index contributed by atoms with van der Waals surface area (Å²) in [6.07, 6.45) is 2.11. The zero-order chi connectivity index (χ0) is 11.3. The lowest BCUT2D eigenvalue weighted by atomic mass is 10.2. The van der Waals surface area contributed by atoms with Crippen LogP contribution in [0.1, 0.15) is 12.5 Å². The Hall–Kier alpha value is 0.110. The average molecular weight is 264 g/mol. The molecule has 1 N–H and O–H groups in total. The molecule has 0 fully saturated rings. The van der Waals surface area contributed by atoms with E-state index < -0.39 is 0 Å². The molecule has 0 amide bonds. The Morgan fingerprint density at radius 1 is 1.27 bits per heavy atom. The van der Waals surface area contributed by atoms with E-state index in [0.717, 1.165) is 17.9 Å². The molecule has 0 aromatic heterocycles. The molecule has 1 aromatic rings. The second-order valence-corrected chi connectivity index (χ2v) is 5.30. The summed E-state index contributed by atoms with van der Waals surface area (Å²) in [6.45, 7) is 2.98. The normalized spacial score (nSPS) is 12.8.